The van der Waals surface area contributed by atoms with Crippen LogP contribution >= 0.6 is 11.3 Å². The van der Waals surface area contributed by atoms with Gasteiger partial charge in [0.05, 0.1) is 30.1 Å². The van der Waals surface area contributed by atoms with E-state index in [1.807, 2.05) is 42.7 Å². The molecule has 0 bridgehead atoms. The highest BCUT2D eigenvalue weighted by Crippen LogP contribution is 2.46. The second-order valence-corrected chi connectivity index (χ2v) is 19.2. The third kappa shape index (κ3) is 8.51. The minimum absolute atomic E-state index is 0.00682. The fourth-order valence-corrected chi connectivity index (χ4v) is 10.1. The number of carbonyl (C=O) groups is 4. The first-order chi connectivity index (χ1) is 27.6. The molecule has 2 aliphatic heterocycles. The summed E-state index contributed by atoms with van der Waals surface area (Å²) in [6, 6.07) is 3.07. The molecule has 2 aromatic heterocycles. The lowest BCUT2D eigenvalue weighted by Crippen LogP contribution is -2.58. The maximum absolute atomic E-state index is 14.6. The van der Waals surface area contributed by atoms with Crippen LogP contribution in [0.25, 0.3) is 21.6 Å². The first-order valence-electron chi connectivity index (χ1n) is 20.1. The molecule has 1 saturated heterocycles. The predicted octanol–water partition coefficient (Wildman–Crippen LogP) is 4.79. The summed E-state index contributed by atoms with van der Waals surface area (Å²) in [7, 11) is 0.883. The van der Waals surface area contributed by atoms with Gasteiger partial charge in [-0.2, -0.15) is 0 Å². The predicted molar refractivity (Wildman–Crippen MR) is 220 cm³/mol. The number of aryl methyl sites for hydroxylation is 1. The summed E-state index contributed by atoms with van der Waals surface area (Å²) in [5.74, 6) is -0.898. The van der Waals surface area contributed by atoms with Gasteiger partial charge >= 0.3 is 6.03 Å². The van der Waals surface area contributed by atoms with Crippen LogP contribution in [-0.4, -0.2) is 109 Å². The van der Waals surface area contributed by atoms with E-state index < -0.39 is 68.7 Å². The number of rotatable bonds is 9. The van der Waals surface area contributed by atoms with Gasteiger partial charge in [-0.1, -0.05) is 38.8 Å². The molecule has 1 aromatic carbocycles. The number of carbonyl (C=O) groups excluding carboxylic acids is 4. The van der Waals surface area contributed by atoms with Gasteiger partial charge < -0.3 is 29.9 Å². The second kappa shape index (κ2) is 16.5. The molecular formula is C41H53N7O8S2. The largest absolute Gasteiger partial charge is 0.496 e. The summed E-state index contributed by atoms with van der Waals surface area (Å²) in [6.45, 7) is 6.08. The van der Waals surface area contributed by atoms with Crippen molar-refractivity contribution in [3.8, 4) is 22.2 Å². The maximum Gasteiger partial charge on any atom is 0.317 e. The number of ether oxygens (including phenoxy) is 2. The van der Waals surface area contributed by atoms with Gasteiger partial charge in [-0.25, -0.2) is 23.2 Å². The lowest BCUT2D eigenvalue weighted by Gasteiger charge is -2.30. The van der Waals surface area contributed by atoms with E-state index in [0.29, 0.717) is 65.2 Å². The van der Waals surface area contributed by atoms with Gasteiger partial charge in [0.2, 0.25) is 21.8 Å². The highest BCUT2D eigenvalue weighted by atomic mass is 32.2. The number of nitrogens with zero attached hydrogens (tertiary/aromatic N) is 4. The van der Waals surface area contributed by atoms with E-state index >= 15 is 0 Å². The number of fused-ring (bicyclic) bond motifs is 3. The molecule has 5 atom stereocenters. The number of pyridine rings is 1. The van der Waals surface area contributed by atoms with Gasteiger partial charge in [0, 0.05) is 48.8 Å². The van der Waals surface area contributed by atoms with Crippen LogP contribution in [0.2, 0.25) is 0 Å². The van der Waals surface area contributed by atoms with Crippen LogP contribution in [0.1, 0.15) is 88.8 Å². The monoisotopic (exact) mass is 835 g/mol. The zero-order valence-corrected chi connectivity index (χ0v) is 35.5. The quantitative estimate of drug-likeness (QED) is 0.253. The van der Waals surface area contributed by atoms with Crippen LogP contribution in [0.3, 0.4) is 0 Å². The zero-order valence-electron chi connectivity index (χ0n) is 33.9. The fraction of sp³-hybridized carbons (Fsp3) is 0.561. The minimum Gasteiger partial charge on any atom is -0.496 e. The molecule has 5 amide bonds. The van der Waals surface area contributed by atoms with Crippen LogP contribution in [0.5, 0.6) is 11.5 Å². The number of thiazole rings is 1. The van der Waals surface area contributed by atoms with Crippen molar-refractivity contribution in [1.82, 2.24) is 35.1 Å². The average Bonchev–Trinajstić information content (AvgIpc) is 4.06. The molecule has 1 unspecified atom stereocenters. The molecule has 3 aromatic rings. The van der Waals surface area contributed by atoms with Gasteiger partial charge in [-0.05, 0) is 63.5 Å². The SMILES string of the molecule is COc1ccc2c(O[C@@H]3C[C@H]4C(=O)N[C@]5(C(=O)NS(=O)(=O)C6CC6)CC5/C=C\CCCCC[C@H](NC(=O)N(C)C)C(=O)N4C3)cc(-c3nc(C(C)C)cs3)nc2c1C. The van der Waals surface area contributed by atoms with Gasteiger partial charge in [-0.3, -0.25) is 19.1 Å². The summed E-state index contributed by atoms with van der Waals surface area (Å²) in [5, 5.41) is 8.59. The van der Waals surface area contributed by atoms with Crippen LogP contribution < -0.4 is 24.8 Å². The smallest absolute Gasteiger partial charge is 0.317 e. The number of sulfonamides is 1. The molecule has 312 valence electrons. The third-order valence-electron chi connectivity index (χ3n) is 11.5. The Kier molecular flexibility index (Phi) is 11.8. The summed E-state index contributed by atoms with van der Waals surface area (Å²) in [4.78, 5) is 68.6. The van der Waals surface area contributed by atoms with Crippen molar-refractivity contribution >= 4 is 56.0 Å². The Morgan fingerprint density at radius 2 is 1.86 bits per heavy atom. The van der Waals surface area contributed by atoms with Gasteiger partial charge in [-0.15, -0.1) is 11.3 Å². The number of aromatic nitrogens is 2. The molecular weight excluding hydrogens is 783 g/mol. The van der Waals surface area contributed by atoms with Gasteiger partial charge in [0.15, 0.2) is 0 Å². The lowest BCUT2D eigenvalue weighted by molar-refractivity contribution is -0.141. The Bertz CT molecular complexity index is 2240. The van der Waals surface area contributed by atoms with Crippen molar-refractivity contribution < 1.29 is 37.1 Å². The molecule has 15 nitrogen and oxygen atoms in total. The number of benzene rings is 1. The number of methoxy groups -OCH3 is 1. The number of amides is 5. The molecule has 0 radical (unpaired) electrons. The summed E-state index contributed by atoms with van der Waals surface area (Å²) in [6.07, 6.45) is 7.69. The first-order valence-corrected chi connectivity index (χ1v) is 22.5. The molecule has 3 N–H and O–H groups in total. The van der Waals surface area contributed by atoms with Gasteiger partial charge in [0.25, 0.3) is 5.91 Å². The van der Waals surface area contributed by atoms with Crippen molar-refractivity contribution in [3.63, 3.8) is 0 Å². The first kappa shape index (κ1) is 41.4. The second-order valence-electron chi connectivity index (χ2n) is 16.4. The standard InChI is InChI=1S/C41H53N7O8S2/c1-23(2)31-22-57-37(43-31)30-19-34(28-16-17-33(55-6)24(3)35(28)42-30)56-26-18-32-36(49)45-41(39(51)46-58(53,54)27-14-15-27)20-25(41)12-10-8-7-9-11-13-29(38(50)48(32)21-26)44-40(52)47(4)5/h10,12,16-17,19,22-23,25-27,29,32H,7-9,11,13-15,18,20-21H2,1-6H3,(H,44,52)(H,45,49)(H,46,51)/b12-10-/t25?,26-,29+,32+,41-/m1/s1. The zero-order chi connectivity index (χ0) is 41.5. The van der Waals surface area contributed by atoms with Crippen molar-refractivity contribution in [2.45, 2.75) is 113 Å². The number of hydrogen-bond acceptors (Lipinski definition) is 11. The number of nitrogens with one attached hydrogen (secondary N) is 3. The Morgan fingerprint density at radius 1 is 1.09 bits per heavy atom. The van der Waals surface area contributed by atoms with E-state index in [2.05, 4.69) is 29.2 Å². The minimum atomic E-state index is -3.90. The van der Waals surface area contributed by atoms with Crippen molar-refractivity contribution in [2.75, 3.05) is 27.7 Å². The molecule has 17 heteroatoms. The highest BCUT2D eigenvalue weighted by molar-refractivity contribution is 7.91. The van der Waals surface area contributed by atoms with E-state index in [1.54, 1.807) is 21.2 Å². The summed E-state index contributed by atoms with van der Waals surface area (Å²) in [5.41, 5.74) is 1.50. The van der Waals surface area contributed by atoms with Crippen molar-refractivity contribution in [3.05, 3.63) is 47.0 Å². The van der Waals surface area contributed by atoms with E-state index in [0.717, 1.165) is 24.1 Å². The van der Waals surface area contributed by atoms with Crippen LogP contribution in [0, 0.1) is 12.8 Å². The lowest BCUT2D eigenvalue weighted by atomic mass is 10.0. The molecule has 3 fully saturated rings. The van der Waals surface area contributed by atoms with Crippen LogP contribution in [-0.2, 0) is 24.4 Å². The molecule has 7 rings (SSSR count). The topological polar surface area (TPSA) is 189 Å². The van der Waals surface area contributed by atoms with Gasteiger partial charge in [0.1, 0.15) is 45.9 Å². The molecule has 4 heterocycles. The van der Waals surface area contributed by atoms with Crippen molar-refractivity contribution in [2.24, 2.45) is 5.92 Å². The normalized spacial score (nSPS) is 25.8. The third-order valence-corrected chi connectivity index (χ3v) is 14.2. The van der Waals surface area contributed by atoms with Crippen LogP contribution in [0.15, 0.2) is 35.7 Å². The summed E-state index contributed by atoms with van der Waals surface area (Å²) >= 11 is 1.48. The fourth-order valence-electron chi connectivity index (χ4n) is 7.78. The molecule has 2 aliphatic carbocycles. The van der Waals surface area contributed by atoms with Crippen molar-refractivity contribution in [1.29, 1.82) is 0 Å². The van der Waals surface area contributed by atoms with E-state index in [4.69, 9.17) is 19.4 Å². The highest BCUT2D eigenvalue weighted by Gasteiger charge is 2.62. The Balaban J connectivity index is 1.25. The Hall–Kier alpha value is -4.77. The average molecular weight is 836 g/mol. The van der Waals surface area contributed by atoms with E-state index in [9.17, 15) is 27.6 Å². The van der Waals surface area contributed by atoms with E-state index in [-0.39, 0.29) is 25.3 Å². The molecule has 0 spiro atoms. The number of urea groups is 1. The Labute approximate surface area is 343 Å². The number of hydrogen-bond donors (Lipinski definition) is 3. The summed E-state index contributed by atoms with van der Waals surface area (Å²) < 4.78 is 40.5. The molecule has 58 heavy (non-hydrogen) atoms. The molecule has 2 saturated carbocycles. The number of allylic oxidation sites excluding steroid dienone is 1. The van der Waals surface area contributed by atoms with Crippen LogP contribution in [0.4, 0.5) is 4.79 Å². The maximum atomic E-state index is 14.6. The molecule has 4 aliphatic rings. The Morgan fingerprint density at radius 3 is 2.55 bits per heavy atom. The van der Waals surface area contributed by atoms with E-state index in [1.165, 1.54) is 21.1 Å².